The Labute approximate surface area is 135 Å². The van der Waals surface area contributed by atoms with E-state index in [1.807, 2.05) is 4.90 Å². The van der Waals surface area contributed by atoms with Gasteiger partial charge >= 0.3 is 0 Å². The van der Waals surface area contributed by atoms with Crippen molar-refractivity contribution in [2.24, 2.45) is 0 Å². The van der Waals surface area contributed by atoms with Gasteiger partial charge in [0.15, 0.2) is 0 Å². The Balaban J connectivity index is 1.77. The van der Waals surface area contributed by atoms with Crippen LogP contribution in [-0.2, 0) is 9.59 Å². The maximum atomic E-state index is 12.1. The smallest absolute Gasteiger partial charge is 0.238 e. The van der Waals surface area contributed by atoms with Crippen molar-refractivity contribution in [3.63, 3.8) is 0 Å². The molecule has 1 aromatic rings. The van der Waals surface area contributed by atoms with Gasteiger partial charge in [0.05, 0.1) is 13.1 Å². The lowest BCUT2D eigenvalue weighted by Gasteiger charge is -2.29. The maximum absolute atomic E-state index is 12.1. The molecular formula is C15H21ClN4O2. The zero-order valence-electron chi connectivity index (χ0n) is 12.6. The highest BCUT2D eigenvalue weighted by molar-refractivity contribution is 6.30. The van der Waals surface area contributed by atoms with E-state index in [1.54, 1.807) is 36.2 Å². The van der Waals surface area contributed by atoms with Crippen molar-refractivity contribution in [3.8, 4) is 0 Å². The van der Waals surface area contributed by atoms with Crippen LogP contribution in [0, 0.1) is 0 Å². The molecule has 2 rings (SSSR count). The summed E-state index contributed by atoms with van der Waals surface area (Å²) >= 11 is 5.87. The van der Waals surface area contributed by atoms with Crippen LogP contribution >= 0.6 is 11.6 Å². The third-order valence-corrected chi connectivity index (χ3v) is 3.63. The molecule has 120 valence electrons. The average Bonchev–Trinajstić information content (AvgIpc) is 2.47. The van der Waals surface area contributed by atoms with Crippen molar-refractivity contribution in [2.75, 3.05) is 51.6 Å². The Morgan fingerprint density at radius 2 is 2.05 bits per heavy atom. The van der Waals surface area contributed by atoms with Gasteiger partial charge in [-0.1, -0.05) is 17.7 Å². The largest absolute Gasteiger partial charge is 0.339 e. The molecule has 0 saturated carbocycles. The van der Waals surface area contributed by atoms with Crippen LogP contribution in [0.2, 0.25) is 5.02 Å². The van der Waals surface area contributed by atoms with Crippen LogP contribution in [0.4, 0.5) is 5.69 Å². The fourth-order valence-corrected chi connectivity index (χ4v) is 2.50. The second-order valence-electron chi connectivity index (χ2n) is 5.36. The van der Waals surface area contributed by atoms with E-state index in [9.17, 15) is 9.59 Å². The van der Waals surface area contributed by atoms with Crippen LogP contribution in [0.3, 0.4) is 0 Å². The minimum absolute atomic E-state index is 0.0551. The van der Waals surface area contributed by atoms with Gasteiger partial charge in [0, 0.05) is 36.9 Å². The molecule has 0 aromatic heterocycles. The summed E-state index contributed by atoms with van der Waals surface area (Å²) in [5, 5.41) is 6.54. The topological polar surface area (TPSA) is 64.7 Å². The van der Waals surface area contributed by atoms with Gasteiger partial charge in [0.1, 0.15) is 0 Å². The third-order valence-electron chi connectivity index (χ3n) is 3.40. The number of anilines is 1. The number of rotatable bonds is 5. The molecule has 0 unspecified atom stereocenters. The number of nitrogens with one attached hydrogen (secondary N) is 2. The van der Waals surface area contributed by atoms with Gasteiger partial charge in [-0.25, -0.2) is 0 Å². The van der Waals surface area contributed by atoms with Crippen LogP contribution in [-0.4, -0.2) is 67.9 Å². The van der Waals surface area contributed by atoms with Gasteiger partial charge in [0.2, 0.25) is 11.8 Å². The number of hydrogen-bond acceptors (Lipinski definition) is 4. The van der Waals surface area contributed by atoms with Crippen LogP contribution < -0.4 is 10.6 Å². The Morgan fingerprint density at radius 1 is 1.32 bits per heavy atom. The quantitative estimate of drug-likeness (QED) is 0.834. The minimum Gasteiger partial charge on any atom is -0.339 e. The molecule has 6 nitrogen and oxygen atoms in total. The zero-order chi connectivity index (χ0) is 15.9. The molecule has 0 atom stereocenters. The van der Waals surface area contributed by atoms with E-state index >= 15 is 0 Å². The summed E-state index contributed by atoms with van der Waals surface area (Å²) in [6.07, 6.45) is 0. The molecule has 1 aliphatic rings. The summed E-state index contributed by atoms with van der Waals surface area (Å²) < 4.78 is 0. The second-order valence-corrected chi connectivity index (χ2v) is 5.80. The fourth-order valence-electron chi connectivity index (χ4n) is 2.31. The van der Waals surface area contributed by atoms with E-state index in [-0.39, 0.29) is 24.9 Å². The molecule has 2 N–H and O–H groups in total. The number of carbonyl (C=O) groups excluding carboxylic acids is 2. The molecule has 1 saturated heterocycles. The molecule has 22 heavy (non-hydrogen) atoms. The van der Waals surface area contributed by atoms with Gasteiger partial charge in [-0.15, -0.1) is 0 Å². The maximum Gasteiger partial charge on any atom is 0.238 e. The molecule has 0 radical (unpaired) electrons. The second kappa shape index (κ2) is 8.12. The number of hydrogen-bond donors (Lipinski definition) is 2. The highest BCUT2D eigenvalue weighted by atomic mass is 35.5. The van der Waals surface area contributed by atoms with Crippen LogP contribution in [0.1, 0.15) is 0 Å². The standard InChI is InChI=1S/C15H21ClN4O2/c1-19(11-15(22)20-7-5-17-6-8-20)10-14(21)18-13-4-2-3-12(16)9-13/h2-4,9,17H,5-8,10-11H2,1H3,(H,18,21). The van der Waals surface area contributed by atoms with Crippen LogP contribution in [0.15, 0.2) is 24.3 Å². The Hall–Kier alpha value is -1.63. The first-order chi connectivity index (χ1) is 10.5. The molecule has 0 bridgehead atoms. The van der Waals surface area contributed by atoms with E-state index in [4.69, 9.17) is 11.6 Å². The summed E-state index contributed by atoms with van der Waals surface area (Å²) in [5.41, 5.74) is 0.652. The summed E-state index contributed by atoms with van der Waals surface area (Å²) in [7, 11) is 1.76. The van der Waals surface area contributed by atoms with Crippen molar-refractivity contribution in [1.82, 2.24) is 15.1 Å². The molecule has 0 spiro atoms. The fraction of sp³-hybridized carbons (Fsp3) is 0.467. The van der Waals surface area contributed by atoms with E-state index in [0.717, 1.165) is 26.2 Å². The Bertz CT molecular complexity index is 532. The molecule has 7 heteroatoms. The first-order valence-corrected chi connectivity index (χ1v) is 7.65. The number of carbonyl (C=O) groups is 2. The molecule has 0 aliphatic carbocycles. The van der Waals surface area contributed by atoms with Gasteiger partial charge in [-0.2, -0.15) is 0 Å². The zero-order valence-corrected chi connectivity index (χ0v) is 13.4. The lowest BCUT2D eigenvalue weighted by molar-refractivity contribution is -0.133. The molecule has 1 heterocycles. The predicted octanol–water partition coefficient (Wildman–Crippen LogP) is 0.642. The minimum atomic E-state index is -0.169. The molecular weight excluding hydrogens is 304 g/mol. The lowest BCUT2D eigenvalue weighted by atomic mass is 10.3. The van der Waals surface area contributed by atoms with Crippen molar-refractivity contribution >= 4 is 29.1 Å². The molecule has 2 amide bonds. The molecule has 1 aromatic carbocycles. The van der Waals surface area contributed by atoms with Crippen LogP contribution in [0.5, 0.6) is 0 Å². The van der Waals surface area contributed by atoms with E-state index in [0.29, 0.717) is 10.7 Å². The predicted molar refractivity (Wildman–Crippen MR) is 87.0 cm³/mol. The van der Waals surface area contributed by atoms with Crippen molar-refractivity contribution in [2.45, 2.75) is 0 Å². The Morgan fingerprint density at radius 3 is 2.73 bits per heavy atom. The van der Waals surface area contributed by atoms with Gasteiger partial charge < -0.3 is 15.5 Å². The SMILES string of the molecule is CN(CC(=O)Nc1cccc(Cl)c1)CC(=O)N1CCNCC1. The Kier molecular flexibility index (Phi) is 6.18. The average molecular weight is 325 g/mol. The summed E-state index contributed by atoms with van der Waals surface area (Å²) in [4.78, 5) is 27.6. The third kappa shape index (κ3) is 5.29. The summed E-state index contributed by atoms with van der Waals surface area (Å²) in [5.74, 6) is -0.113. The first kappa shape index (κ1) is 16.7. The number of nitrogens with zero attached hydrogens (tertiary/aromatic N) is 2. The van der Waals surface area contributed by atoms with Crippen molar-refractivity contribution < 1.29 is 9.59 Å². The van der Waals surface area contributed by atoms with E-state index < -0.39 is 0 Å². The monoisotopic (exact) mass is 324 g/mol. The number of piperazine rings is 1. The van der Waals surface area contributed by atoms with E-state index in [2.05, 4.69) is 10.6 Å². The van der Waals surface area contributed by atoms with Crippen molar-refractivity contribution in [1.29, 1.82) is 0 Å². The number of benzene rings is 1. The van der Waals surface area contributed by atoms with Crippen molar-refractivity contribution in [3.05, 3.63) is 29.3 Å². The highest BCUT2D eigenvalue weighted by Gasteiger charge is 2.18. The van der Waals surface area contributed by atoms with E-state index in [1.165, 1.54) is 0 Å². The summed E-state index contributed by atoms with van der Waals surface area (Å²) in [6, 6.07) is 6.98. The van der Waals surface area contributed by atoms with Gasteiger partial charge in [-0.3, -0.25) is 14.5 Å². The normalized spacial score (nSPS) is 15.0. The molecule has 1 aliphatic heterocycles. The number of likely N-dealkylation sites (N-methyl/N-ethyl adjacent to an activating group) is 1. The van der Waals surface area contributed by atoms with Gasteiger partial charge in [0.25, 0.3) is 0 Å². The number of halogens is 1. The summed E-state index contributed by atoms with van der Waals surface area (Å²) in [6.45, 7) is 3.49. The molecule has 1 fully saturated rings. The first-order valence-electron chi connectivity index (χ1n) is 7.27. The van der Waals surface area contributed by atoms with Gasteiger partial charge in [-0.05, 0) is 25.2 Å². The highest BCUT2D eigenvalue weighted by Crippen LogP contribution is 2.14. The number of amides is 2. The lowest BCUT2D eigenvalue weighted by Crippen LogP contribution is -2.49. The van der Waals surface area contributed by atoms with Crippen LogP contribution in [0.25, 0.3) is 0 Å².